The van der Waals surface area contributed by atoms with Crippen LogP contribution in [0.25, 0.3) is 16.6 Å². The minimum atomic E-state index is -0.651. The van der Waals surface area contributed by atoms with Gasteiger partial charge < -0.3 is 10.6 Å². The molecule has 0 aliphatic carbocycles. The fourth-order valence-corrected chi connectivity index (χ4v) is 2.80. The summed E-state index contributed by atoms with van der Waals surface area (Å²) < 4.78 is 1.71. The number of hydrogen-bond donors (Lipinski definition) is 3. The number of nitrogens with one attached hydrogen (secondary N) is 4. The number of rotatable bonds is 6. The van der Waals surface area contributed by atoms with Gasteiger partial charge in [0.15, 0.2) is 5.65 Å². The lowest BCUT2D eigenvalue weighted by atomic mass is 10.2. The Morgan fingerprint density at radius 2 is 2.19 bits per heavy atom. The Morgan fingerprint density at radius 1 is 1.31 bits per heavy atom. The zero-order chi connectivity index (χ0) is 18.1. The molecular weight excluding hydrogens is 332 g/mol. The van der Waals surface area contributed by atoms with Crippen molar-refractivity contribution in [3.05, 3.63) is 47.8 Å². The quantitative estimate of drug-likeness (QED) is 0.485. The second-order valence-electron chi connectivity index (χ2n) is 5.95. The highest BCUT2D eigenvalue weighted by molar-refractivity contribution is 5.85. The number of carbonyl (C=O) groups excluding carboxylic acids is 1. The van der Waals surface area contributed by atoms with Crippen molar-refractivity contribution in [2.75, 3.05) is 11.9 Å². The molecule has 3 heterocycles. The van der Waals surface area contributed by atoms with E-state index >= 15 is 0 Å². The Bertz CT molecular complexity index is 1100. The zero-order valence-electron chi connectivity index (χ0n) is 14.1. The molecule has 0 aliphatic heterocycles. The van der Waals surface area contributed by atoms with Gasteiger partial charge in [-0.05, 0) is 37.3 Å². The first-order valence-corrected chi connectivity index (χ1v) is 8.12. The van der Waals surface area contributed by atoms with E-state index in [4.69, 9.17) is 5.73 Å². The minimum absolute atomic E-state index is 0.000707. The van der Waals surface area contributed by atoms with Gasteiger partial charge in [0.05, 0.1) is 17.8 Å². The molecule has 1 radical (unpaired) electrons. The third-order valence-electron chi connectivity index (χ3n) is 4.03. The molecule has 3 aromatic heterocycles. The molecule has 0 atom stereocenters. The SMILES string of the molecule is Cc1[nH]nc2cc(Nc3nc4cccc(CNCC([NH])=O)n4n3)ccc12. The number of aromatic nitrogens is 5. The lowest BCUT2D eigenvalue weighted by Gasteiger charge is -2.04. The van der Waals surface area contributed by atoms with E-state index in [0.29, 0.717) is 18.1 Å². The number of hydrogen-bond acceptors (Lipinski definition) is 6. The van der Waals surface area contributed by atoms with Gasteiger partial charge in [-0.2, -0.15) is 10.1 Å². The summed E-state index contributed by atoms with van der Waals surface area (Å²) >= 11 is 0. The van der Waals surface area contributed by atoms with Crippen molar-refractivity contribution in [1.29, 1.82) is 0 Å². The average Bonchev–Trinajstić information content (AvgIpc) is 3.18. The van der Waals surface area contributed by atoms with Crippen LogP contribution in [0.2, 0.25) is 0 Å². The van der Waals surface area contributed by atoms with E-state index in [1.165, 1.54) is 0 Å². The molecule has 0 fully saturated rings. The van der Waals surface area contributed by atoms with Crippen LogP contribution in [0.4, 0.5) is 11.6 Å². The van der Waals surface area contributed by atoms with E-state index in [0.717, 1.165) is 28.0 Å². The van der Waals surface area contributed by atoms with Gasteiger partial charge in [0.2, 0.25) is 5.95 Å². The maximum absolute atomic E-state index is 10.8. The standard InChI is InChI=1S/C17H17N8O/c1-10-13-6-5-11(7-14(13)23-22-10)20-17-21-16-4-2-3-12(25(16)24-17)8-19-9-15(18)26/h2-7,18-19H,8-9H2,1H3,(H,20,24)(H,22,23). The molecule has 131 valence electrons. The maximum Gasteiger partial charge on any atom is 0.252 e. The Morgan fingerprint density at radius 3 is 3.04 bits per heavy atom. The number of amides is 1. The second kappa shape index (κ2) is 6.45. The minimum Gasteiger partial charge on any atom is -0.323 e. The molecule has 0 spiro atoms. The van der Waals surface area contributed by atoms with Crippen molar-refractivity contribution in [2.24, 2.45) is 0 Å². The van der Waals surface area contributed by atoms with Gasteiger partial charge in [-0.15, -0.1) is 5.10 Å². The van der Waals surface area contributed by atoms with E-state index in [1.54, 1.807) is 4.52 Å². The van der Waals surface area contributed by atoms with Gasteiger partial charge in [0.1, 0.15) is 0 Å². The van der Waals surface area contributed by atoms with Crippen molar-refractivity contribution in [1.82, 2.24) is 35.8 Å². The summed E-state index contributed by atoms with van der Waals surface area (Å²) in [5, 5.41) is 18.9. The Labute approximate surface area is 148 Å². The predicted octanol–water partition coefficient (Wildman–Crippen LogP) is 1.56. The summed E-state index contributed by atoms with van der Waals surface area (Å²) in [5.41, 5.74) is 11.2. The van der Waals surface area contributed by atoms with Crippen LogP contribution in [-0.2, 0) is 11.3 Å². The van der Waals surface area contributed by atoms with Crippen LogP contribution in [0.1, 0.15) is 11.4 Å². The van der Waals surface area contributed by atoms with Gasteiger partial charge in [-0.3, -0.25) is 15.6 Å². The highest BCUT2D eigenvalue weighted by Gasteiger charge is 2.09. The molecule has 4 N–H and O–H groups in total. The number of pyridine rings is 1. The van der Waals surface area contributed by atoms with Crippen molar-refractivity contribution in [3.63, 3.8) is 0 Å². The summed E-state index contributed by atoms with van der Waals surface area (Å²) in [4.78, 5) is 15.2. The third-order valence-corrected chi connectivity index (χ3v) is 4.03. The smallest absolute Gasteiger partial charge is 0.252 e. The summed E-state index contributed by atoms with van der Waals surface area (Å²) in [6, 6.07) is 11.5. The molecular formula is C17H17N8O. The molecule has 0 unspecified atom stereocenters. The third kappa shape index (κ3) is 3.07. The van der Waals surface area contributed by atoms with E-state index in [1.807, 2.05) is 43.3 Å². The van der Waals surface area contributed by atoms with Crippen LogP contribution >= 0.6 is 0 Å². The molecule has 0 bridgehead atoms. The molecule has 9 nitrogen and oxygen atoms in total. The van der Waals surface area contributed by atoms with E-state index in [-0.39, 0.29) is 6.54 Å². The number of aromatic amines is 1. The van der Waals surface area contributed by atoms with Crippen molar-refractivity contribution < 1.29 is 4.79 Å². The molecule has 4 rings (SSSR count). The number of nitrogens with zero attached hydrogens (tertiary/aromatic N) is 4. The molecule has 0 aliphatic rings. The van der Waals surface area contributed by atoms with E-state index in [9.17, 15) is 4.79 Å². The fourth-order valence-electron chi connectivity index (χ4n) is 2.80. The Balaban J connectivity index is 1.59. The normalized spacial score (nSPS) is 11.3. The molecule has 0 saturated carbocycles. The van der Waals surface area contributed by atoms with Gasteiger partial charge >= 0.3 is 0 Å². The number of anilines is 2. The highest BCUT2D eigenvalue weighted by Crippen LogP contribution is 2.22. The molecule has 1 amide bonds. The molecule has 9 heteroatoms. The van der Waals surface area contributed by atoms with Gasteiger partial charge in [-0.25, -0.2) is 4.52 Å². The van der Waals surface area contributed by atoms with Crippen LogP contribution in [0, 0.1) is 6.92 Å². The Kier molecular flexibility index (Phi) is 3.98. The molecule has 4 aromatic rings. The zero-order valence-corrected chi connectivity index (χ0v) is 14.1. The summed E-state index contributed by atoms with van der Waals surface area (Å²) in [6.07, 6.45) is 0. The fraction of sp³-hybridized carbons (Fsp3) is 0.176. The summed E-state index contributed by atoms with van der Waals surface area (Å²) in [7, 11) is 0. The average molecular weight is 349 g/mol. The van der Waals surface area contributed by atoms with Gasteiger partial charge in [0, 0.05) is 23.3 Å². The first-order chi connectivity index (χ1) is 12.6. The lowest BCUT2D eigenvalue weighted by Crippen LogP contribution is -2.24. The van der Waals surface area contributed by atoms with Crippen LogP contribution in [0.15, 0.2) is 36.4 Å². The number of H-pyrrole nitrogens is 1. The molecule has 0 saturated heterocycles. The first-order valence-electron chi connectivity index (χ1n) is 8.12. The van der Waals surface area contributed by atoms with Crippen LogP contribution < -0.4 is 16.4 Å². The van der Waals surface area contributed by atoms with Crippen molar-refractivity contribution in [3.8, 4) is 0 Å². The number of aryl methyl sites for hydroxylation is 1. The maximum atomic E-state index is 10.8. The van der Waals surface area contributed by atoms with E-state index in [2.05, 4.69) is 30.9 Å². The summed E-state index contributed by atoms with van der Waals surface area (Å²) in [6.45, 7) is 2.40. The highest BCUT2D eigenvalue weighted by atomic mass is 16.1. The van der Waals surface area contributed by atoms with Crippen molar-refractivity contribution >= 4 is 34.1 Å². The van der Waals surface area contributed by atoms with Crippen LogP contribution in [-0.4, -0.2) is 37.2 Å². The summed E-state index contributed by atoms with van der Waals surface area (Å²) in [5.74, 6) is -0.178. The topological polar surface area (TPSA) is 124 Å². The van der Waals surface area contributed by atoms with E-state index < -0.39 is 5.91 Å². The van der Waals surface area contributed by atoms with Gasteiger partial charge in [0.25, 0.3) is 5.91 Å². The number of fused-ring (bicyclic) bond motifs is 2. The van der Waals surface area contributed by atoms with Gasteiger partial charge in [-0.1, -0.05) is 6.07 Å². The number of carbonyl (C=O) groups is 1. The predicted molar refractivity (Wildman–Crippen MR) is 96.9 cm³/mol. The second-order valence-corrected chi connectivity index (χ2v) is 5.95. The molecule has 1 aromatic carbocycles. The first kappa shape index (κ1) is 16.0. The largest absolute Gasteiger partial charge is 0.323 e. The van der Waals surface area contributed by atoms with Crippen molar-refractivity contribution in [2.45, 2.75) is 13.5 Å². The molecule has 26 heavy (non-hydrogen) atoms. The number of benzene rings is 1. The monoisotopic (exact) mass is 349 g/mol. The van der Waals surface area contributed by atoms with Crippen LogP contribution in [0.5, 0.6) is 0 Å². The lowest BCUT2D eigenvalue weighted by molar-refractivity contribution is -0.117. The van der Waals surface area contributed by atoms with Crippen LogP contribution in [0.3, 0.4) is 0 Å². The Hall–Kier alpha value is -3.46.